The number of methoxy groups -OCH3 is 1. The second kappa shape index (κ2) is 6.29. The van der Waals surface area contributed by atoms with Crippen molar-refractivity contribution in [3.05, 3.63) is 58.1 Å². The molecular weight excluding hydrogens is 326 g/mol. The van der Waals surface area contributed by atoms with Gasteiger partial charge in [0.25, 0.3) is 0 Å². The second-order valence-electron chi connectivity index (χ2n) is 5.99. The summed E-state index contributed by atoms with van der Waals surface area (Å²) in [6.45, 7) is 3.66. The lowest BCUT2D eigenvalue weighted by Crippen LogP contribution is -2.11. The third-order valence-electron chi connectivity index (χ3n) is 4.52. The molecule has 3 rings (SSSR count). The maximum atomic E-state index is 12.8. The summed E-state index contributed by atoms with van der Waals surface area (Å²) in [5.41, 5.74) is 2.97. The number of hydrogen-bond acceptors (Lipinski definition) is 3. The first-order valence-electron chi connectivity index (χ1n) is 7.75. The van der Waals surface area contributed by atoms with Gasteiger partial charge in [-0.1, -0.05) is 24.6 Å². The molecule has 0 bridgehead atoms. The largest absolute Gasteiger partial charge is 0.497 e. The van der Waals surface area contributed by atoms with Crippen LogP contribution in [0.1, 0.15) is 47.2 Å². The van der Waals surface area contributed by atoms with Crippen LogP contribution in [-0.4, -0.2) is 18.8 Å². The molecule has 2 unspecified atom stereocenters. The van der Waals surface area contributed by atoms with Gasteiger partial charge in [-0.2, -0.15) is 0 Å². The van der Waals surface area contributed by atoms with E-state index < -0.39 is 0 Å². The van der Waals surface area contributed by atoms with Crippen molar-refractivity contribution in [2.24, 2.45) is 0 Å². The van der Waals surface area contributed by atoms with E-state index in [1.807, 2.05) is 19.9 Å². The summed E-state index contributed by atoms with van der Waals surface area (Å²) in [7, 11) is 1.57. The van der Waals surface area contributed by atoms with E-state index in [1.165, 1.54) is 0 Å². The minimum absolute atomic E-state index is 0.0311. The fourth-order valence-electron chi connectivity index (χ4n) is 2.95. The number of benzene rings is 2. The number of carbonyl (C=O) groups is 2. The first kappa shape index (κ1) is 16.5. The number of fused-ring (bicyclic) bond motifs is 1. The van der Waals surface area contributed by atoms with E-state index in [-0.39, 0.29) is 23.5 Å². The van der Waals surface area contributed by atoms with Gasteiger partial charge in [0, 0.05) is 22.2 Å². The van der Waals surface area contributed by atoms with E-state index >= 15 is 0 Å². The molecule has 24 heavy (non-hydrogen) atoms. The predicted molar refractivity (Wildman–Crippen MR) is 94.2 cm³/mol. The number of carbonyl (C=O) groups excluding carboxylic acids is 2. The third-order valence-corrected chi connectivity index (χ3v) is 4.85. The molecule has 1 aliphatic heterocycles. The van der Waals surface area contributed by atoms with Crippen LogP contribution in [0.25, 0.3) is 0 Å². The van der Waals surface area contributed by atoms with Gasteiger partial charge >= 0.3 is 0 Å². The van der Waals surface area contributed by atoms with Crippen molar-refractivity contribution in [1.82, 2.24) is 0 Å². The Morgan fingerprint density at radius 2 is 2.00 bits per heavy atom. The van der Waals surface area contributed by atoms with Gasteiger partial charge in [0.2, 0.25) is 5.91 Å². The van der Waals surface area contributed by atoms with Crippen LogP contribution in [0, 0.1) is 0 Å². The predicted octanol–water partition coefficient (Wildman–Crippen LogP) is 4.39. The molecule has 0 fully saturated rings. The molecule has 2 atom stereocenters. The summed E-state index contributed by atoms with van der Waals surface area (Å²) in [6.07, 6.45) is 0. The summed E-state index contributed by atoms with van der Waals surface area (Å²) in [5, 5.41) is 3.31. The van der Waals surface area contributed by atoms with Crippen molar-refractivity contribution in [2.75, 3.05) is 12.4 Å². The van der Waals surface area contributed by atoms with Crippen LogP contribution in [0.5, 0.6) is 5.75 Å². The van der Waals surface area contributed by atoms with Crippen molar-refractivity contribution >= 4 is 29.0 Å². The molecule has 0 radical (unpaired) electrons. The van der Waals surface area contributed by atoms with Crippen molar-refractivity contribution < 1.29 is 14.3 Å². The molecule has 0 saturated heterocycles. The highest BCUT2D eigenvalue weighted by Gasteiger charge is 2.28. The smallest absolute Gasteiger partial charge is 0.231 e. The van der Waals surface area contributed by atoms with Gasteiger partial charge in [0.1, 0.15) is 5.75 Å². The molecule has 0 aliphatic carbocycles. The van der Waals surface area contributed by atoms with E-state index in [4.69, 9.17) is 16.3 Å². The third kappa shape index (κ3) is 2.78. The maximum Gasteiger partial charge on any atom is 0.231 e. The van der Waals surface area contributed by atoms with Gasteiger partial charge in [-0.05, 0) is 48.4 Å². The van der Waals surface area contributed by atoms with Gasteiger partial charge < -0.3 is 10.1 Å². The van der Waals surface area contributed by atoms with Crippen LogP contribution in [0.4, 0.5) is 5.69 Å². The van der Waals surface area contributed by atoms with Gasteiger partial charge in [0.05, 0.1) is 13.0 Å². The molecule has 0 saturated carbocycles. The molecule has 2 aromatic rings. The van der Waals surface area contributed by atoms with E-state index in [0.29, 0.717) is 16.3 Å². The Kier molecular flexibility index (Phi) is 4.33. The monoisotopic (exact) mass is 343 g/mol. The standard InChI is InChI=1S/C19H18ClNO3/c1-10(14-6-5-13(24-3)9-16(14)20)18(22)12-4-7-17-15(8-12)11(2)19(23)21-17/h4-11H,1-3H3,(H,21,23). The first-order chi connectivity index (χ1) is 11.4. The number of rotatable bonds is 4. The number of anilines is 1. The molecule has 1 N–H and O–H groups in total. The Hall–Kier alpha value is -2.33. The summed E-state index contributed by atoms with van der Waals surface area (Å²) in [6, 6.07) is 10.6. The Morgan fingerprint density at radius 1 is 1.25 bits per heavy atom. The second-order valence-corrected chi connectivity index (χ2v) is 6.39. The highest BCUT2D eigenvalue weighted by atomic mass is 35.5. The Labute approximate surface area is 145 Å². The zero-order valence-corrected chi connectivity index (χ0v) is 14.5. The van der Waals surface area contributed by atoms with Gasteiger partial charge in [-0.15, -0.1) is 0 Å². The lowest BCUT2D eigenvalue weighted by Gasteiger charge is -2.14. The number of nitrogens with one attached hydrogen (secondary N) is 1. The molecule has 1 amide bonds. The number of ketones is 1. The van der Waals surface area contributed by atoms with Crippen molar-refractivity contribution in [1.29, 1.82) is 0 Å². The molecule has 5 heteroatoms. The average Bonchev–Trinajstić information content (AvgIpc) is 2.87. The quantitative estimate of drug-likeness (QED) is 0.837. The average molecular weight is 344 g/mol. The maximum absolute atomic E-state index is 12.8. The Bertz CT molecular complexity index is 831. The topological polar surface area (TPSA) is 55.4 Å². The van der Waals surface area contributed by atoms with Gasteiger partial charge in [0.15, 0.2) is 5.78 Å². The van der Waals surface area contributed by atoms with E-state index in [1.54, 1.807) is 37.4 Å². The fraction of sp³-hybridized carbons (Fsp3) is 0.263. The molecule has 0 spiro atoms. The molecule has 124 valence electrons. The number of halogens is 1. The Morgan fingerprint density at radius 3 is 2.67 bits per heavy atom. The number of ether oxygens (including phenoxy) is 1. The summed E-state index contributed by atoms with van der Waals surface area (Å²) < 4.78 is 5.14. The van der Waals surface area contributed by atoms with Crippen LogP contribution in [0.2, 0.25) is 5.02 Å². The van der Waals surface area contributed by atoms with Crippen LogP contribution >= 0.6 is 11.6 Å². The highest BCUT2D eigenvalue weighted by Crippen LogP contribution is 2.35. The van der Waals surface area contributed by atoms with Crippen LogP contribution in [0.15, 0.2) is 36.4 Å². The van der Waals surface area contributed by atoms with Gasteiger partial charge in [-0.25, -0.2) is 0 Å². The van der Waals surface area contributed by atoms with Crippen LogP contribution in [-0.2, 0) is 4.79 Å². The fourth-order valence-corrected chi connectivity index (χ4v) is 3.28. The molecule has 0 aromatic heterocycles. The normalized spacial score (nSPS) is 17.2. The molecule has 1 heterocycles. The van der Waals surface area contributed by atoms with Crippen molar-refractivity contribution in [2.45, 2.75) is 25.7 Å². The van der Waals surface area contributed by atoms with Crippen LogP contribution in [0.3, 0.4) is 0 Å². The number of Topliss-reactive ketones (excluding diaryl/α,β-unsaturated/α-hetero) is 1. The lowest BCUT2D eigenvalue weighted by atomic mass is 9.90. The highest BCUT2D eigenvalue weighted by molar-refractivity contribution is 6.32. The summed E-state index contributed by atoms with van der Waals surface area (Å²) >= 11 is 6.28. The minimum atomic E-state index is -0.387. The zero-order valence-electron chi connectivity index (χ0n) is 13.7. The first-order valence-corrected chi connectivity index (χ1v) is 8.12. The SMILES string of the molecule is COc1ccc(C(C)C(=O)c2ccc3c(c2)C(C)C(=O)N3)c(Cl)c1. The Balaban J connectivity index is 1.91. The summed E-state index contributed by atoms with van der Waals surface area (Å²) in [4.78, 5) is 24.6. The van der Waals surface area contributed by atoms with E-state index in [9.17, 15) is 9.59 Å². The summed E-state index contributed by atoms with van der Waals surface area (Å²) in [5.74, 6) is -0.0499. The van der Waals surface area contributed by atoms with E-state index in [0.717, 1.165) is 16.8 Å². The van der Waals surface area contributed by atoms with Crippen LogP contribution < -0.4 is 10.1 Å². The lowest BCUT2D eigenvalue weighted by molar-refractivity contribution is -0.116. The molecule has 1 aliphatic rings. The van der Waals surface area contributed by atoms with Gasteiger partial charge in [-0.3, -0.25) is 9.59 Å². The molecular formula is C19H18ClNO3. The number of amides is 1. The zero-order chi connectivity index (χ0) is 17.4. The van der Waals surface area contributed by atoms with E-state index in [2.05, 4.69) is 5.32 Å². The van der Waals surface area contributed by atoms with Crippen molar-refractivity contribution in [3.63, 3.8) is 0 Å². The molecule has 2 aromatic carbocycles. The number of hydrogen-bond donors (Lipinski definition) is 1. The molecule has 4 nitrogen and oxygen atoms in total. The van der Waals surface area contributed by atoms with Crippen molar-refractivity contribution in [3.8, 4) is 5.75 Å². The minimum Gasteiger partial charge on any atom is -0.497 e.